The molecule has 0 aliphatic rings. The van der Waals surface area contributed by atoms with Gasteiger partial charge in [-0.3, -0.25) is 21.2 Å². The predicted octanol–water partition coefficient (Wildman–Crippen LogP) is 1.36. The van der Waals surface area contributed by atoms with Gasteiger partial charge in [0.1, 0.15) is 5.82 Å². The van der Waals surface area contributed by atoms with Crippen LogP contribution in [0.2, 0.25) is 0 Å². The monoisotopic (exact) mass is 232 g/mol. The van der Waals surface area contributed by atoms with E-state index in [1.54, 1.807) is 18.6 Å². The first-order valence-corrected chi connectivity index (χ1v) is 5.25. The molecule has 0 saturated carbocycles. The molecule has 3 N–H and O–H groups in total. The van der Waals surface area contributed by atoms with Gasteiger partial charge in [0, 0.05) is 18.6 Å². The summed E-state index contributed by atoms with van der Waals surface area (Å²) in [5, 5.41) is 0. The second-order valence-electron chi connectivity index (χ2n) is 3.72. The van der Waals surface area contributed by atoms with E-state index in [0.717, 1.165) is 11.1 Å². The van der Waals surface area contributed by atoms with E-state index in [4.69, 9.17) is 5.84 Å². The lowest BCUT2D eigenvalue weighted by Crippen LogP contribution is -2.29. The summed E-state index contributed by atoms with van der Waals surface area (Å²) in [5.74, 6) is 5.12. The molecule has 0 spiro atoms. The van der Waals surface area contributed by atoms with Crippen molar-refractivity contribution in [1.29, 1.82) is 0 Å². The Morgan fingerprint density at radius 1 is 1.24 bits per heavy atom. The summed E-state index contributed by atoms with van der Waals surface area (Å²) in [6.45, 7) is 0. The van der Waals surface area contributed by atoms with Gasteiger partial charge < -0.3 is 0 Å². The molecule has 1 unspecified atom stereocenters. The largest absolute Gasteiger partial charge is 0.271 e. The zero-order valence-corrected chi connectivity index (χ0v) is 9.18. The number of rotatable bonds is 4. The van der Waals surface area contributed by atoms with Gasteiger partial charge in [0.25, 0.3) is 0 Å². The van der Waals surface area contributed by atoms with Gasteiger partial charge in [0.15, 0.2) is 0 Å². The van der Waals surface area contributed by atoms with Crippen molar-refractivity contribution in [3.05, 3.63) is 59.9 Å². The Balaban J connectivity index is 2.17. The summed E-state index contributed by atoms with van der Waals surface area (Å²) in [5.41, 5.74) is 4.47. The molecule has 0 bridgehead atoms. The van der Waals surface area contributed by atoms with E-state index in [2.05, 4.69) is 15.4 Å². The van der Waals surface area contributed by atoms with Gasteiger partial charge >= 0.3 is 0 Å². The van der Waals surface area contributed by atoms with Crippen molar-refractivity contribution in [2.75, 3.05) is 0 Å². The lowest BCUT2D eigenvalue weighted by molar-refractivity contribution is 0.541. The molecule has 0 radical (unpaired) electrons. The van der Waals surface area contributed by atoms with E-state index in [9.17, 15) is 4.39 Å². The lowest BCUT2D eigenvalue weighted by Gasteiger charge is -2.15. The second-order valence-corrected chi connectivity index (χ2v) is 3.72. The third-order valence-electron chi connectivity index (χ3n) is 2.52. The van der Waals surface area contributed by atoms with Crippen LogP contribution < -0.4 is 11.3 Å². The average Bonchev–Trinajstić information content (AvgIpc) is 2.37. The van der Waals surface area contributed by atoms with Crippen LogP contribution in [0.3, 0.4) is 0 Å². The summed E-state index contributed by atoms with van der Waals surface area (Å²) in [6, 6.07) is 5.06. The number of aromatic nitrogens is 2. The quantitative estimate of drug-likeness (QED) is 0.617. The highest BCUT2D eigenvalue weighted by molar-refractivity contribution is 5.20. The molecule has 1 atom stereocenters. The average molecular weight is 232 g/mol. The van der Waals surface area contributed by atoms with E-state index < -0.39 is 0 Å². The van der Waals surface area contributed by atoms with Gasteiger partial charge in [0.2, 0.25) is 0 Å². The molecule has 2 aromatic heterocycles. The number of nitrogens with two attached hydrogens (primary N) is 1. The highest BCUT2D eigenvalue weighted by Crippen LogP contribution is 2.17. The van der Waals surface area contributed by atoms with Crippen LogP contribution >= 0.6 is 0 Å². The van der Waals surface area contributed by atoms with Crippen LogP contribution in [0, 0.1) is 5.82 Å². The number of hydrogen-bond donors (Lipinski definition) is 2. The summed E-state index contributed by atoms with van der Waals surface area (Å²) < 4.78 is 13.1. The number of halogens is 1. The van der Waals surface area contributed by atoms with Gasteiger partial charge in [-0.05, 0) is 35.7 Å². The maximum Gasteiger partial charge on any atom is 0.141 e. The van der Waals surface area contributed by atoms with Gasteiger partial charge in [-0.15, -0.1) is 0 Å². The molecule has 4 nitrogen and oxygen atoms in total. The zero-order valence-electron chi connectivity index (χ0n) is 9.18. The first-order valence-electron chi connectivity index (χ1n) is 5.25. The van der Waals surface area contributed by atoms with Crippen LogP contribution in [0.4, 0.5) is 4.39 Å². The standard InChI is InChI=1S/C12H13FN4/c13-11-6-10(7-16-8-11)12(17-14)5-9-1-3-15-4-2-9/h1-4,6-8,12,17H,5,14H2. The van der Waals surface area contributed by atoms with Gasteiger partial charge in [-0.1, -0.05) is 0 Å². The van der Waals surface area contributed by atoms with Crippen molar-refractivity contribution >= 4 is 0 Å². The molecule has 0 aromatic carbocycles. The molecule has 0 aliphatic heterocycles. The fourth-order valence-electron chi connectivity index (χ4n) is 1.65. The Labute approximate surface area is 98.7 Å². The Morgan fingerprint density at radius 2 is 2.00 bits per heavy atom. The molecule has 2 rings (SSSR count). The van der Waals surface area contributed by atoms with Gasteiger partial charge in [-0.2, -0.15) is 0 Å². The highest BCUT2D eigenvalue weighted by Gasteiger charge is 2.11. The van der Waals surface area contributed by atoms with Crippen molar-refractivity contribution in [1.82, 2.24) is 15.4 Å². The van der Waals surface area contributed by atoms with Crippen LogP contribution in [0.25, 0.3) is 0 Å². The fourth-order valence-corrected chi connectivity index (χ4v) is 1.65. The van der Waals surface area contributed by atoms with Crippen molar-refractivity contribution in [2.45, 2.75) is 12.5 Å². The van der Waals surface area contributed by atoms with E-state index in [1.807, 2.05) is 12.1 Å². The van der Waals surface area contributed by atoms with Crippen molar-refractivity contribution in [2.24, 2.45) is 5.84 Å². The molecule has 0 fully saturated rings. The highest BCUT2D eigenvalue weighted by atomic mass is 19.1. The number of hydrazine groups is 1. The summed E-state index contributed by atoms with van der Waals surface area (Å²) in [4.78, 5) is 7.75. The zero-order chi connectivity index (χ0) is 12.1. The molecule has 88 valence electrons. The van der Waals surface area contributed by atoms with E-state index in [1.165, 1.54) is 12.3 Å². The van der Waals surface area contributed by atoms with Crippen LogP contribution in [-0.4, -0.2) is 9.97 Å². The molecular formula is C12H13FN4. The predicted molar refractivity (Wildman–Crippen MR) is 62.2 cm³/mol. The molecule has 17 heavy (non-hydrogen) atoms. The minimum atomic E-state index is -0.363. The first kappa shape index (κ1) is 11.6. The second kappa shape index (κ2) is 5.47. The number of hydrogen-bond acceptors (Lipinski definition) is 4. The third kappa shape index (κ3) is 3.05. The first-order chi connectivity index (χ1) is 8.29. The summed E-state index contributed by atoms with van der Waals surface area (Å²) in [7, 11) is 0. The van der Waals surface area contributed by atoms with E-state index >= 15 is 0 Å². The summed E-state index contributed by atoms with van der Waals surface area (Å²) in [6.07, 6.45) is 6.86. The molecule has 2 aromatic rings. The van der Waals surface area contributed by atoms with Crippen LogP contribution in [0.1, 0.15) is 17.2 Å². The van der Waals surface area contributed by atoms with Crippen LogP contribution in [0.15, 0.2) is 43.0 Å². The molecule has 0 saturated heterocycles. The number of nitrogens with one attached hydrogen (secondary N) is 1. The molecular weight excluding hydrogens is 219 g/mol. The number of pyridine rings is 2. The SMILES string of the molecule is NNC(Cc1ccncc1)c1cncc(F)c1. The topological polar surface area (TPSA) is 63.8 Å². The van der Waals surface area contributed by atoms with Crippen LogP contribution in [-0.2, 0) is 6.42 Å². The maximum atomic E-state index is 13.1. The Bertz CT molecular complexity index is 475. The Hall–Kier alpha value is -1.85. The Morgan fingerprint density at radius 3 is 2.65 bits per heavy atom. The maximum absolute atomic E-state index is 13.1. The minimum Gasteiger partial charge on any atom is -0.271 e. The molecule has 0 amide bonds. The molecule has 0 aliphatic carbocycles. The third-order valence-corrected chi connectivity index (χ3v) is 2.52. The van der Waals surface area contributed by atoms with Gasteiger partial charge in [-0.25, -0.2) is 4.39 Å². The van der Waals surface area contributed by atoms with Gasteiger partial charge in [0.05, 0.1) is 12.2 Å². The number of nitrogens with zero attached hydrogens (tertiary/aromatic N) is 2. The van der Waals surface area contributed by atoms with Crippen molar-refractivity contribution < 1.29 is 4.39 Å². The normalized spacial score (nSPS) is 12.4. The van der Waals surface area contributed by atoms with E-state index in [-0.39, 0.29) is 11.9 Å². The lowest BCUT2D eigenvalue weighted by atomic mass is 10.0. The summed E-state index contributed by atoms with van der Waals surface area (Å²) >= 11 is 0. The minimum absolute atomic E-state index is 0.166. The molecule has 5 heteroatoms. The van der Waals surface area contributed by atoms with Crippen molar-refractivity contribution in [3.63, 3.8) is 0 Å². The Kier molecular flexibility index (Phi) is 3.74. The molecule has 2 heterocycles. The fraction of sp³-hybridized carbons (Fsp3) is 0.167. The van der Waals surface area contributed by atoms with Crippen LogP contribution in [0.5, 0.6) is 0 Å². The smallest absolute Gasteiger partial charge is 0.141 e. The van der Waals surface area contributed by atoms with E-state index in [0.29, 0.717) is 6.42 Å². The van der Waals surface area contributed by atoms with Crippen molar-refractivity contribution in [3.8, 4) is 0 Å².